The molecule has 2 aromatic rings. The summed E-state index contributed by atoms with van der Waals surface area (Å²) in [5.74, 6) is 1.50. The minimum atomic E-state index is -0.134. The number of amides is 1. The Labute approximate surface area is 181 Å². The summed E-state index contributed by atoms with van der Waals surface area (Å²) in [6.45, 7) is 5.45. The number of nitrogens with one attached hydrogen (secondary N) is 1. The van der Waals surface area contributed by atoms with E-state index in [0.717, 1.165) is 47.4 Å². The van der Waals surface area contributed by atoms with Gasteiger partial charge in [0, 0.05) is 6.42 Å². The second-order valence-electron chi connectivity index (χ2n) is 6.63. The molecule has 2 rings (SSSR count). The Kier molecular flexibility index (Phi) is 10.3. The number of hydrogen-bond acceptors (Lipinski definition) is 4. The second kappa shape index (κ2) is 13.0. The van der Waals surface area contributed by atoms with Gasteiger partial charge in [0.1, 0.15) is 11.5 Å². The molecule has 0 bridgehead atoms. The van der Waals surface area contributed by atoms with Crippen LogP contribution in [0.5, 0.6) is 11.5 Å². The predicted molar refractivity (Wildman–Crippen MR) is 121 cm³/mol. The molecule has 0 aliphatic carbocycles. The lowest BCUT2D eigenvalue weighted by Crippen LogP contribution is -2.18. The molecule has 5 nitrogen and oxygen atoms in total. The molecule has 0 heterocycles. The minimum Gasteiger partial charge on any atom is -0.494 e. The molecule has 0 aliphatic heterocycles. The summed E-state index contributed by atoms with van der Waals surface area (Å²) >= 11 is 3.51. The Bertz CT molecular complexity index is 791. The summed E-state index contributed by atoms with van der Waals surface area (Å²) in [4.78, 5) is 11.9. The highest BCUT2D eigenvalue weighted by Gasteiger charge is 2.04. The summed E-state index contributed by atoms with van der Waals surface area (Å²) in [7, 11) is 0. The molecule has 1 amide bonds. The van der Waals surface area contributed by atoms with Crippen LogP contribution >= 0.6 is 15.9 Å². The number of rotatable bonds is 12. The first-order chi connectivity index (χ1) is 14.1. The Morgan fingerprint density at radius 2 is 1.83 bits per heavy atom. The van der Waals surface area contributed by atoms with Crippen molar-refractivity contribution in [3.63, 3.8) is 0 Å². The van der Waals surface area contributed by atoms with E-state index in [2.05, 4.69) is 46.4 Å². The Morgan fingerprint density at radius 1 is 1.07 bits per heavy atom. The number of ether oxygens (including phenoxy) is 2. The van der Waals surface area contributed by atoms with Crippen LogP contribution in [0, 0.1) is 0 Å². The standard InChI is InChI=1S/C23H29BrN2O3/c1-3-5-14-28-20-11-8-19(9-12-20)17-25-26-23(27)7-6-15-29-22-13-10-18(4-2)16-21(22)24/h8-13,16-17H,3-7,14-15H2,1-2H3,(H,26,27)/b25-17+. The third-order valence-electron chi connectivity index (χ3n) is 4.26. The van der Waals surface area contributed by atoms with Gasteiger partial charge in [-0.2, -0.15) is 5.10 Å². The maximum Gasteiger partial charge on any atom is 0.240 e. The lowest BCUT2D eigenvalue weighted by molar-refractivity contribution is -0.121. The SMILES string of the molecule is CCCCOc1ccc(/C=N/NC(=O)CCCOc2ccc(CC)cc2Br)cc1. The first-order valence-electron chi connectivity index (χ1n) is 10.1. The molecule has 0 saturated heterocycles. The Hall–Kier alpha value is -2.34. The lowest BCUT2D eigenvalue weighted by Gasteiger charge is -2.09. The molecule has 2 aromatic carbocycles. The van der Waals surface area contributed by atoms with E-state index in [1.165, 1.54) is 5.56 Å². The van der Waals surface area contributed by atoms with E-state index < -0.39 is 0 Å². The van der Waals surface area contributed by atoms with Gasteiger partial charge in [0.05, 0.1) is 23.9 Å². The van der Waals surface area contributed by atoms with Crippen molar-refractivity contribution in [1.82, 2.24) is 5.43 Å². The number of benzene rings is 2. The molecule has 0 unspecified atom stereocenters. The molecule has 0 spiro atoms. The first-order valence-corrected chi connectivity index (χ1v) is 10.9. The van der Waals surface area contributed by atoms with E-state index in [1.54, 1.807) is 6.21 Å². The zero-order valence-electron chi connectivity index (χ0n) is 17.1. The maximum absolute atomic E-state index is 11.9. The number of nitrogens with zero attached hydrogens (tertiary/aromatic N) is 1. The summed E-state index contributed by atoms with van der Waals surface area (Å²) in [5.41, 5.74) is 4.70. The van der Waals surface area contributed by atoms with Gasteiger partial charge in [0.15, 0.2) is 0 Å². The average Bonchev–Trinajstić information content (AvgIpc) is 2.73. The van der Waals surface area contributed by atoms with Gasteiger partial charge < -0.3 is 9.47 Å². The van der Waals surface area contributed by atoms with Crippen molar-refractivity contribution in [3.05, 3.63) is 58.1 Å². The molecule has 1 N–H and O–H groups in total. The fourth-order valence-electron chi connectivity index (χ4n) is 2.52. The van der Waals surface area contributed by atoms with Crippen molar-refractivity contribution in [1.29, 1.82) is 0 Å². The van der Waals surface area contributed by atoms with Gasteiger partial charge in [-0.3, -0.25) is 4.79 Å². The molecule has 0 atom stereocenters. The van der Waals surface area contributed by atoms with E-state index in [0.29, 0.717) is 19.4 Å². The lowest BCUT2D eigenvalue weighted by atomic mass is 10.2. The van der Waals surface area contributed by atoms with Crippen molar-refractivity contribution >= 4 is 28.1 Å². The van der Waals surface area contributed by atoms with Crippen LogP contribution in [0.2, 0.25) is 0 Å². The smallest absolute Gasteiger partial charge is 0.240 e. The maximum atomic E-state index is 11.9. The van der Waals surface area contributed by atoms with Gasteiger partial charge in [0.25, 0.3) is 0 Å². The fourth-order valence-corrected chi connectivity index (χ4v) is 3.06. The van der Waals surface area contributed by atoms with Crippen LogP contribution in [0.25, 0.3) is 0 Å². The van der Waals surface area contributed by atoms with Crippen molar-refractivity contribution in [2.45, 2.75) is 46.0 Å². The van der Waals surface area contributed by atoms with Crippen LogP contribution in [-0.4, -0.2) is 25.3 Å². The number of hydrazone groups is 1. The number of halogens is 1. The quantitative estimate of drug-likeness (QED) is 0.258. The van der Waals surface area contributed by atoms with Crippen molar-refractivity contribution in [2.75, 3.05) is 13.2 Å². The zero-order chi connectivity index (χ0) is 20.9. The third-order valence-corrected chi connectivity index (χ3v) is 4.88. The monoisotopic (exact) mass is 460 g/mol. The number of carbonyl (C=O) groups excluding carboxylic acids is 1. The summed E-state index contributed by atoms with van der Waals surface area (Å²) in [6.07, 6.45) is 5.73. The van der Waals surface area contributed by atoms with Gasteiger partial charge in [-0.15, -0.1) is 0 Å². The molecule has 0 aliphatic rings. The minimum absolute atomic E-state index is 0.134. The number of aryl methyl sites for hydroxylation is 1. The topological polar surface area (TPSA) is 59.9 Å². The van der Waals surface area contributed by atoms with Crippen molar-refractivity contribution in [2.24, 2.45) is 5.10 Å². The van der Waals surface area contributed by atoms with E-state index >= 15 is 0 Å². The molecule has 0 aromatic heterocycles. The normalized spacial score (nSPS) is 10.9. The van der Waals surface area contributed by atoms with Crippen molar-refractivity contribution in [3.8, 4) is 11.5 Å². The van der Waals surface area contributed by atoms with Crippen LogP contribution in [0.15, 0.2) is 52.0 Å². The summed E-state index contributed by atoms with van der Waals surface area (Å²) in [6, 6.07) is 13.7. The molecule has 29 heavy (non-hydrogen) atoms. The highest BCUT2D eigenvalue weighted by molar-refractivity contribution is 9.10. The Morgan fingerprint density at radius 3 is 2.52 bits per heavy atom. The van der Waals surface area contributed by atoms with Crippen LogP contribution in [0.4, 0.5) is 0 Å². The van der Waals surface area contributed by atoms with E-state index in [4.69, 9.17) is 9.47 Å². The van der Waals surface area contributed by atoms with E-state index in [1.807, 2.05) is 36.4 Å². The average molecular weight is 461 g/mol. The van der Waals surface area contributed by atoms with Crippen LogP contribution < -0.4 is 14.9 Å². The molecule has 0 saturated carbocycles. The largest absolute Gasteiger partial charge is 0.494 e. The van der Waals surface area contributed by atoms with Crippen molar-refractivity contribution < 1.29 is 14.3 Å². The highest BCUT2D eigenvalue weighted by Crippen LogP contribution is 2.26. The highest BCUT2D eigenvalue weighted by atomic mass is 79.9. The molecule has 6 heteroatoms. The molecular weight excluding hydrogens is 432 g/mol. The molecule has 156 valence electrons. The van der Waals surface area contributed by atoms with E-state index in [-0.39, 0.29) is 5.91 Å². The third kappa shape index (κ3) is 8.69. The number of hydrogen-bond donors (Lipinski definition) is 1. The zero-order valence-corrected chi connectivity index (χ0v) is 18.7. The predicted octanol–water partition coefficient (Wildman–Crippen LogP) is 5.50. The number of unbranched alkanes of at least 4 members (excludes halogenated alkanes) is 1. The number of carbonyl (C=O) groups is 1. The van der Waals surface area contributed by atoms with Gasteiger partial charge >= 0.3 is 0 Å². The van der Waals surface area contributed by atoms with Crippen LogP contribution in [-0.2, 0) is 11.2 Å². The summed E-state index contributed by atoms with van der Waals surface area (Å²) in [5, 5.41) is 4.00. The van der Waals surface area contributed by atoms with Gasteiger partial charge in [-0.25, -0.2) is 5.43 Å². The summed E-state index contributed by atoms with van der Waals surface area (Å²) < 4.78 is 12.3. The Balaban J connectivity index is 1.65. The van der Waals surface area contributed by atoms with Gasteiger partial charge in [-0.05, 0) is 82.7 Å². The van der Waals surface area contributed by atoms with Crippen LogP contribution in [0.3, 0.4) is 0 Å². The molecule has 0 fully saturated rings. The van der Waals surface area contributed by atoms with Gasteiger partial charge in [-0.1, -0.05) is 26.3 Å². The van der Waals surface area contributed by atoms with Crippen LogP contribution in [0.1, 0.15) is 50.7 Å². The second-order valence-corrected chi connectivity index (χ2v) is 7.49. The first kappa shape index (κ1) is 22.9. The van der Waals surface area contributed by atoms with E-state index in [9.17, 15) is 4.79 Å². The van der Waals surface area contributed by atoms with Gasteiger partial charge in [0.2, 0.25) is 5.91 Å². The molecule has 0 radical (unpaired) electrons. The molecular formula is C23H29BrN2O3. The fraction of sp³-hybridized carbons (Fsp3) is 0.391.